The van der Waals surface area contributed by atoms with E-state index in [9.17, 15) is 24.9 Å². The van der Waals surface area contributed by atoms with E-state index in [1.54, 1.807) is 20.8 Å². The summed E-state index contributed by atoms with van der Waals surface area (Å²) in [6, 6.07) is 0. The van der Waals surface area contributed by atoms with Gasteiger partial charge in [0.1, 0.15) is 16.9 Å². The normalized spacial score (nSPS) is 32.0. The maximum Gasteiger partial charge on any atom is 0.309 e. The maximum atomic E-state index is 13.1. The smallest absolute Gasteiger partial charge is 0.309 e. The molecular weight excluding hydrogens is 466 g/mol. The number of thiazole rings is 1. The number of ketones is 1. The van der Waals surface area contributed by atoms with Crippen LogP contribution in [0.5, 0.6) is 0 Å². The van der Waals surface area contributed by atoms with Crippen molar-refractivity contribution in [3.8, 4) is 0 Å². The first-order chi connectivity index (χ1) is 16.4. The minimum atomic E-state index is -1.26. The van der Waals surface area contributed by atoms with Crippen LogP contribution in [-0.2, 0) is 20.9 Å². The van der Waals surface area contributed by atoms with Crippen LogP contribution in [0, 0.1) is 17.3 Å². The molecular formula is C27H39NO6S. The Bertz CT molecular complexity index is 976. The van der Waals surface area contributed by atoms with Gasteiger partial charge in [0.2, 0.25) is 0 Å². The molecule has 8 heteroatoms. The van der Waals surface area contributed by atoms with Crippen molar-refractivity contribution >= 4 is 29.2 Å². The molecule has 0 bridgehead atoms. The number of esters is 1. The summed E-state index contributed by atoms with van der Waals surface area (Å²) in [5.74, 6) is -1.86. The first kappa shape index (κ1) is 29.1. The number of aromatic nitrogens is 1. The third-order valence-corrected chi connectivity index (χ3v) is 7.57. The summed E-state index contributed by atoms with van der Waals surface area (Å²) >= 11 is 1.35. The molecule has 0 saturated carbocycles. The first-order valence-electron chi connectivity index (χ1n) is 12.0. The summed E-state index contributed by atoms with van der Waals surface area (Å²) in [4.78, 5) is 30.3. The van der Waals surface area contributed by atoms with Crippen molar-refractivity contribution in [2.75, 3.05) is 0 Å². The van der Waals surface area contributed by atoms with Crippen LogP contribution in [0.4, 0.5) is 0 Å². The molecule has 1 unspecified atom stereocenters. The Labute approximate surface area is 212 Å². The number of nitrogens with zero attached hydrogens (tertiary/aromatic N) is 1. The molecule has 0 fully saturated rings. The van der Waals surface area contributed by atoms with Gasteiger partial charge < -0.3 is 20.1 Å². The van der Waals surface area contributed by atoms with Crippen LogP contribution < -0.4 is 0 Å². The predicted molar refractivity (Wildman–Crippen MR) is 137 cm³/mol. The van der Waals surface area contributed by atoms with Crippen LogP contribution in [0.15, 0.2) is 34.8 Å². The Balaban J connectivity index is 2.37. The molecule has 7 nitrogen and oxygen atoms in total. The highest BCUT2D eigenvalue weighted by Gasteiger charge is 2.42. The van der Waals surface area contributed by atoms with Gasteiger partial charge in [-0.3, -0.25) is 9.59 Å². The molecule has 2 heterocycles. The molecule has 0 spiro atoms. The molecule has 3 N–H and O–H groups in total. The van der Waals surface area contributed by atoms with Crippen molar-refractivity contribution in [2.24, 2.45) is 17.3 Å². The Kier molecular flexibility index (Phi) is 10.6. The minimum Gasteiger partial charge on any atom is -0.457 e. The lowest BCUT2D eigenvalue weighted by atomic mass is 9.73. The van der Waals surface area contributed by atoms with Crippen molar-refractivity contribution in [3.63, 3.8) is 0 Å². The van der Waals surface area contributed by atoms with Gasteiger partial charge in [-0.05, 0) is 31.9 Å². The van der Waals surface area contributed by atoms with Gasteiger partial charge in [0.15, 0.2) is 0 Å². The molecule has 1 aliphatic rings. The Morgan fingerprint density at radius 2 is 1.97 bits per heavy atom. The van der Waals surface area contributed by atoms with E-state index >= 15 is 0 Å². The predicted octanol–water partition coefficient (Wildman–Crippen LogP) is 4.23. The average Bonchev–Trinajstić information content (AvgIpc) is 3.26. The zero-order chi connectivity index (χ0) is 26.3. The van der Waals surface area contributed by atoms with E-state index in [2.05, 4.69) is 4.98 Å². The van der Waals surface area contributed by atoms with Crippen molar-refractivity contribution in [1.82, 2.24) is 4.98 Å². The first-order valence-corrected chi connectivity index (χ1v) is 12.9. The van der Waals surface area contributed by atoms with Gasteiger partial charge in [0.25, 0.3) is 0 Å². The van der Waals surface area contributed by atoms with Gasteiger partial charge in [0.05, 0.1) is 36.3 Å². The van der Waals surface area contributed by atoms with Crippen molar-refractivity contribution < 1.29 is 29.6 Å². The molecule has 5 atom stereocenters. The molecule has 194 valence electrons. The van der Waals surface area contributed by atoms with Gasteiger partial charge in [0, 0.05) is 23.6 Å². The van der Waals surface area contributed by atoms with Crippen molar-refractivity contribution in [2.45, 2.75) is 85.7 Å². The molecule has 0 amide bonds. The van der Waals surface area contributed by atoms with Crippen molar-refractivity contribution in [1.29, 1.82) is 0 Å². The van der Waals surface area contributed by atoms with Crippen LogP contribution >= 0.6 is 11.3 Å². The number of carbonyl (C=O) groups excluding carboxylic acids is 2. The number of hydrogen-bond donors (Lipinski definition) is 3. The number of aliphatic hydroxyl groups is 3. The summed E-state index contributed by atoms with van der Waals surface area (Å²) in [5, 5.41) is 33.2. The zero-order valence-electron chi connectivity index (χ0n) is 21.5. The Hall–Kier alpha value is -2.13. The van der Waals surface area contributed by atoms with Gasteiger partial charge in [-0.2, -0.15) is 0 Å². The van der Waals surface area contributed by atoms with E-state index in [4.69, 9.17) is 4.74 Å². The summed E-state index contributed by atoms with van der Waals surface area (Å²) in [7, 11) is 0. The maximum absolute atomic E-state index is 13.1. The van der Waals surface area contributed by atoms with E-state index in [1.807, 2.05) is 50.5 Å². The van der Waals surface area contributed by atoms with Crippen LogP contribution in [0.3, 0.4) is 0 Å². The average molecular weight is 506 g/mol. The summed E-state index contributed by atoms with van der Waals surface area (Å²) in [6.07, 6.45) is 5.75. The Morgan fingerprint density at radius 1 is 1.29 bits per heavy atom. The molecule has 1 aromatic rings. The molecule has 1 aliphatic heterocycles. The quantitative estimate of drug-likeness (QED) is 0.416. The number of carbonyl (C=O) groups is 2. The second-order valence-corrected chi connectivity index (χ2v) is 11.0. The van der Waals surface area contributed by atoms with Gasteiger partial charge >= 0.3 is 5.97 Å². The number of cyclic esters (lactones) is 1. The van der Waals surface area contributed by atoms with Crippen LogP contribution in [-0.4, -0.2) is 50.4 Å². The molecule has 0 aliphatic carbocycles. The number of allylic oxidation sites excluding steroid dienone is 2. The molecule has 1 aromatic heterocycles. The summed E-state index contributed by atoms with van der Waals surface area (Å²) < 4.78 is 5.77. The summed E-state index contributed by atoms with van der Waals surface area (Å²) in [6.45, 7) is 10.4. The van der Waals surface area contributed by atoms with Crippen LogP contribution in [0.25, 0.3) is 6.08 Å². The fourth-order valence-corrected chi connectivity index (χ4v) is 4.68. The third kappa shape index (κ3) is 7.93. The minimum absolute atomic E-state index is 0.133. The molecule has 0 radical (unpaired) electrons. The highest BCUT2D eigenvalue weighted by Crippen LogP contribution is 2.31. The topological polar surface area (TPSA) is 117 Å². The van der Waals surface area contributed by atoms with Crippen LogP contribution in [0.1, 0.15) is 71.5 Å². The fraction of sp³-hybridized carbons (Fsp3) is 0.593. The molecule has 35 heavy (non-hydrogen) atoms. The highest BCUT2D eigenvalue weighted by molar-refractivity contribution is 7.09. The van der Waals surface area contributed by atoms with Crippen molar-refractivity contribution in [3.05, 3.63) is 45.5 Å². The van der Waals surface area contributed by atoms with E-state index in [0.29, 0.717) is 23.5 Å². The summed E-state index contributed by atoms with van der Waals surface area (Å²) in [5.41, 5.74) is 1.30. The van der Waals surface area contributed by atoms with E-state index in [1.165, 1.54) is 11.3 Å². The standard InChI is InChI=1S/C27H39NO6S/c1-16-8-7-9-17(2)25(32)19(4)26(33)27(5,6)22(30)13-24(31)34-21(11-10-16)18(3)12-20-15-35-23(14-29)28-20/h7,9-10,12,15,17,19,21-22,25,29-30,32H,8,11,13-14H2,1-6H3/b9-7+,16-10-,18-12+/t17-,19+,21?,22-,25-/m0/s1. The fourth-order valence-electron chi connectivity index (χ4n) is 4.07. The number of hydrogen-bond acceptors (Lipinski definition) is 8. The SMILES string of the molecule is C/C1=C/CC(/C(C)=C/c2csc(CO)n2)OC(=O)C[C@H](O)C(C)(C)C(=O)[C@H](C)[C@@H](O)[C@@H](C)/C=C/C1. The second-order valence-electron chi connectivity index (χ2n) is 10.1. The second kappa shape index (κ2) is 12.7. The van der Waals surface area contributed by atoms with Gasteiger partial charge in [-0.15, -0.1) is 11.3 Å². The number of ether oxygens (including phenoxy) is 1. The van der Waals surface area contributed by atoms with E-state index in [0.717, 1.165) is 11.1 Å². The van der Waals surface area contributed by atoms with Gasteiger partial charge in [-0.25, -0.2) is 4.98 Å². The highest BCUT2D eigenvalue weighted by atomic mass is 32.1. The third-order valence-electron chi connectivity index (χ3n) is 6.71. The van der Waals surface area contributed by atoms with Crippen LogP contribution in [0.2, 0.25) is 0 Å². The Morgan fingerprint density at radius 3 is 2.60 bits per heavy atom. The van der Waals surface area contributed by atoms with E-state index < -0.39 is 35.6 Å². The van der Waals surface area contributed by atoms with Gasteiger partial charge in [-0.1, -0.05) is 51.5 Å². The lowest BCUT2D eigenvalue weighted by Gasteiger charge is -2.34. The largest absolute Gasteiger partial charge is 0.457 e. The lowest BCUT2D eigenvalue weighted by molar-refractivity contribution is -0.154. The zero-order valence-corrected chi connectivity index (χ0v) is 22.3. The molecule has 2 rings (SSSR count). The molecule has 0 saturated heterocycles. The lowest BCUT2D eigenvalue weighted by Crippen LogP contribution is -2.45. The number of Topliss-reactive ketones (excluding diaryl/α,β-unsaturated/α-hetero) is 1. The molecule has 0 aromatic carbocycles. The number of aliphatic hydroxyl groups excluding tert-OH is 3. The van der Waals surface area contributed by atoms with E-state index in [-0.39, 0.29) is 24.7 Å². The number of rotatable bonds is 3. The monoisotopic (exact) mass is 505 g/mol.